The number of benzene rings is 1. The van der Waals surface area contributed by atoms with Gasteiger partial charge in [-0.3, -0.25) is 4.79 Å². The number of phenols is 1. The minimum atomic E-state index is -0.536. The van der Waals surface area contributed by atoms with E-state index < -0.39 is 6.10 Å². The molecule has 0 aliphatic carbocycles. The van der Waals surface area contributed by atoms with Crippen LogP contribution in [0.2, 0.25) is 0 Å². The molecule has 1 amide bonds. The Balaban J connectivity index is 1.55. The highest BCUT2D eigenvalue weighted by molar-refractivity contribution is 6.99. The van der Waals surface area contributed by atoms with Crippen LogP contribution in [-0.4, -0.2) is 49.0 Å². The van der Waals surface area contributed by atoms with Crippen LogP contribution >= 0.6 is 11.7 Å². The maximum absolute atomic E-state index is 13.0. The van der Waals surface area contributed by atoms with E-state index in [1.165, 1.54) is 0 Å². The van der Waals surface area contributed by atoms with Crippen LogP contribution in [0.3, 0.4) is 0 Å². The Bertz CT molecular complexity index is 1140. The van der Waals surface area contributed by atoms with Gasteiger partial charge in [0.1, 0.15) is 11.5 Å². The maximum atomic E-state index is 13.0. The molecule has 1 aliphatic heterocycles. The molecule has 10 heteroatoms. The van der Waals surface area contributed by atoms with Gasteiger partial charge in [-0.25, -0.2) is 0 Å². The molecule has 1 aromatic carbocycles. The van der Waals surface area contributed by atoms with Gasteiger partial charge in [0.05, 0.1) is 35.1 Å². The van der Waals surface area contributed by atoms with Gasteiger partial charge >= 0.3 is 0 Å². The van der Waals surface area contributed by atoms with Gasteiger partial charge in [0.15, 0.2) is 17.4 Å². The summed E-state index contributed by atoms with van der Waals surface area (Å²) in [6.45, 7) is 8.96. The first-order valence-electron chi connectivity index (χ1n) is 11.5. The number of carbonyl (C=O) groups is 1. The summed E-state index contributed by atoms with van der Waals surface area (Å²) < 4.78 is 14.7. The monoisotopic (exact) mass is 485 g/mol. The van der Waals surface area contributed by atoms with Crippen molar-refractivity contribution in [1.29, 1.82) is 0 Å². The molecule has 0 bridgehead atoms. The Labute approximate surface area is 203 Å². The van der Waals surface area contributed by atoms with Crippen molar-refractivity contribution >= 4 is 35.0 Å². The fraction of sp³-hybridized carbons (Fsp3) is 0.458. The number of hydrogen-bond acceptors (Lipinski definition) is 9. The number of nitrogens with zero attached hydrogens (tertiary/aromatic N) is 3. The predicted molar refractivity (Wildman–Crippen MR) is 132 cm³/mol. The number of hydrogen-bond donors (Lipinski definition) is 4. The molecule has 2 aromatic heterocycles. The Morgan fingerprint density at radius 3 is 2.71 bits per heavy atom. The van der Waals surface area contributed by atoms with E-state index in [0.717, 1.165) is 35.2 Å². The molecule has 3 aromatic rings. The van der Waals surface area contributed by atoms with Crippen molar-refractivity contribution in [3.8, 4) is 5.75 Å². The maximum Gasteiger partial charge on any atom is 0.257 e. The Morgan fingerprint density at radius 1 is 1.26 bits per heavy atom. The normalized spacial score (nSPS) is 17.1. The molecule has 182 valence electrons. The van der Waals surface area contributed by atoms with Crippen LogP contribution in [0.5, 0.6) is 5.75 Å². The topological polar surface area (TPSA) is 124 Å². The van der Waals surface area contributed by atoms with Crippen molar-refractivity contribution in [1.82, 2.24) is 13.6 Å². The third-order valence-electron chi connectivity index (χ3n) is 6.14. The molecule has 34 heavy (non-hydrogen) atoms. The van der Waals surface area contributed by atoms with Crippen LogP contribution < -0.4 is 10.6 Å². The largest absolute Gasteiger partial charge is 0.505 e. The van der Waals surface area contributed by atoms with Crippen LogP contribution in [0.25, 0.3) is 0 Å². The average molecular weight is 486 g/mol. The summed E-state index contributed by atoms with van der Waals surface area (Å²) in [6, 6.07) is 6.87. The molecule has 3 heterocycles. The Hall–Kier alpha value is -3.11. The van der Waals surface area contributed by atoms with Gasteiger partial charge in [-0.1, -0.05) is 19.9 Å². The number of furan rings is 1. The Morgan fingerprint density at radius 2 is 2.03 bits per heavy atom. The van der Waals surface area contributed by atoms with E-state index in [2.05, 4.69) is 33.2 Å². The summed E-state index contributed by atoms with van der Waals surface area (Å²) in [5.41, 5.74) is 1.62. The lowest BCUT2D eigenvalue weighted by Gasteiger charge is -2.30. The number of aryl methyl sites for hydroxylation is 2. The number of amides is 1. The highest BCUT2D eigenvalue weighted by atomic mass is 32.1. The zero-order valence-corrected chi connectivity index (χ0v) is 20.6. The van der Waals surface area contributed by atoms with Gasteiger partial charge in [0, 0.05) is 13.1 Å². The molecule has 0 saturated carbocycles. The van der Waals surface area contributed by atoms with Crippen LogP contribution in [0.1, 0.15) is 60.2 Å². The number of aromatic nitrogens is 2. The zero-order chi connectivity index (χ0) is 24.4. The van der Waals surface area contributed by atoms with E-state index in [-0.39, 0.29) is 35.7 Å². The standard InChI is InChI=1S/C24H31N5O4S/c1-13(2)20(19-11-14(3)15(4)33-19)26-23-22(27-34-28-23)25-18-9-5-8-17(21(18)31)24(32)29-10-6-7-16(30)12-29/h5,8-9,11,13,16,20,30-31H,6-7,10,12H2,1-4H3,(H,25,27)(H,26,28)/t16?,20-/m1/s1. The quantitative estimate of drug-likeness (QED) is 0.358. The lowest BCUT2D eigenvalue weighted by Crippen LogP contribution is -2.42. The third-order valence-corrected chi connectivity index (χ3v) is 6.67. The second-order valence-electron chi connectivity index (χ2n) is 9.09. The fourth-order valence-electron chi connectivity index (χ4n) is 4.09. The van der Waals surface area contributed by atoms with Gasteiger partial charge in [0.25, 0.3) is 5.91 Å². The third kappa shape index (κ3) is 5.02. The highest BCUT2D eigenvalue weighted by Gasteiger charge is 2.27. The van der Waals surface area contributed by atoms with E-state index in [9.17, 15) is 15.0 Å². The number of β-amino-alcohol motifs (C(OH)–C–C–N with tert-alkyl or cyclic N) is 1. The summed E-state index contributed by atoms with van der Waals surface area (Å²) in [4.78, 5) is 14.5. The van der Waals surface area contributed by atoms with E-state index >= 15 is 0 Å². The second-order valence-corrected chi connectivity index (χ2v) is 9.62. The number of phenolic OH excluding ortho intramolecular Hbond substituents is 1. The average Bonchev–Trinajstić information content (AvgIpc) is 3.38. The van der Waals surface area contributed by atoms with Crippen LogP contribution in [0.15, 0.2) is 28.7 Å². The molecular formula is C24H31N5O4S. The SMILES string of the molecule is Cc1cc([C@H](Nc2nsnc2Nc2cccc(C(=O)N3CCCC(O)C3)c2O)C(C)C)oc1C. The number of aliphatic hydroxyl groups is 1. The number of nitrogens with one attached hydrogen (secondary N) is 2. The van der Waals surface area contributed by atoms with Gasteiger partial charge in [-0.05, 0) is 56.4 Å². The van der Waals surface area contributed by atoms with Crippen molar-refractivity contribution in [2.24, 2.45) is 5.92 Å². The van der Waals surface area contributed by atoms with E-state index in [1.54, 1.807) is 23.1 Å². The minimum absolute atomic E-state index is 0.121. The van der Waals surface area contributed by atoms with Crippen LogP contribution in [0, 0.1) is 19.8 Å². The summed E-state index contributed by atoms with van der Waals surface area (Å²) in [7, 11) is 0. The summed E-state index contributed by atoms with van der Waals surface area (Å²) in [5, 5.41) is 27.3. The predicted octanol–water partition coefficient (Wildman–Crippen LogP) is 4.60. The summed E-state index contributed by atoms with van der Waals surface area (Å²) >= 11 is 1.04. The molecule has 1 aliphatic rings. The molecule has 9 nitrogen and oxygen atoms in total. The van der Waals surface area contributed by atoms with Gasteiger partial charge in [-0.2, -0.15) is 8.75 Å². The lowest BCUT2D eigenvalue weighted by atomic mass is 10.0. The number of carbonyl (C=O) groups excluding carboxylic acids is 1. The number of likely N-dealkylation sites (tertiary alicyclic amines) is 1. The number of anilines is 3. The van der Waals surface area contributed by atoms with E-state index in [1.807, 2.05) is 19.9 Å². The molecule has 1 unspecified atom stereocenters. The number of rotatable bonds is 7. The first-order chi connectivity index (χ1) is 16.2. The number of aliphatic hydroxyl groups excluding tert-OH is 1. The summed E-state index contributed by atoms with van der Waals surface area (Å²) in [5.74, 6) is 2.43. The van der Waals surface area contributed by atoms with E-state index in [4.69, 9.17) is 4.42 Å². The molecule has 1 fully saturated rings. The molecule has 2 atom stereocenters. The lowest BCUT2D eigenvalue weighted by molar-refractivity contribution is 0.0471. The van der Waals surface area contributed by atoms with Crippen LogP contribution in [-0.2, 0) is 0 Å². The number of para-hydroxylation sites is 1. The summed E-state index contributed by atoms with van der Waals surface area (Å²) in [6.07, 6.45) is 0.876. The van der Waals surface area contributed by atoms with Crippen LogP contribution in [0.4, 0.5) is 17.3 Å². The molecule has 4 N–H and O–H groups in total. The van der Waals surface area contributed by atoms with Crippen molar-refractivity contribution in [2.75, 3.05) is 23.7 Å². The molecule has 0 radical (unpaired) electrons. The number of aromatic hydroxyl groups is 1. The first kappa shape index (κ1) is 24.0. The smallest absolute Gasteiger partial charge is 0.257 e. The van der Waals surface area contributed by atoms with Gasteiger partial charge in [0.2, 0.25) is 0 Å². The van der Waals surface area contributed by atoms with Crippen molar-refractivity contribution in [3.63, 3.8) is 0 Å². The molecule has 0 spiro atoms. The molecule has 4 rings (SSSR count). The molecule has 1 saturated heterocycles. The molecular weight excluding hydrogens is 454 g/mol. The zero-order valence-electron chi connectivity index (χ0n) is 19.8. The minimum Gasteiger partial charge on any atom is -0.505 e. The van der Waals surface area contributed by atoms with Crippen molar-refractivity contribution < 1.29 is 19.4 Å². The van der Waals surface area contributed by atoms with Crippen molar-refractivity contribution in [3.05, 3.63) is 46.9 Å². The van der Waals surface area contributed by atoms with Crippen molar-refractivity contribution in [2.45, 2.75) is 52.7 Å². The highest BCUT2D eigenvalue weighted by Crippen LogP contribution is 2.36. The fourth-order valence-corrected chi connectivity index (χ4v) is 4.56. The number of piperidine rings is 1. The first-order valence-corrected chi connectivity index (χ1v) is 12.2. The second kappa shape index (κ2) is 10.0. The van der Waals surface area contributed by atoms with E-state index in [0.29, 0.717) is 30.3 Å². The Kier molecular flexibility index (Phi) is 7.08. The van der Waals surface area contributed by atoms with Gasteiger partial charge < -0.3 is 30.2 Å². The van der Waals surface area contributed by atoms with Gasteiger partial charge in [-0.15, -0.1) is 0 Å².